The molecule has 16 heavy (non-hydrogen) atoms. The highest BCUT2D eigenvalue weighted by Crippen LogP contribution is 2.27. The summed E-state index contributed by atoms with van der Waals surface area (Å²) in [7, 11) is 0. The Balaban J connectivity index is 2.31. The summed E-state index contributed by atoms with van der Waals surface area (Å²) in [6.07, 6.45) is 2.05. The van der Waals surface area contributed by atoms with Gasteiger partial charge in [0.2, 0.25) is 0 Å². The van der Waals surface area contributed by atoms with Gasteiger partial charge in [-0.05, 0) is 24.6 Å². The quantitative estimate of drug-likeness (QED) is 0.784. The van der Waals surface area contributed by atoms with Gasteiger partial charge in [-0.1, -0.05) is 24.9 Å². The van der Waals surface area contributed by atoms with E-state index in [1.807, 2.05) is 5.38 Å². The normalized spacial score (nSPS) is 10.7. The van der Waals surface area contributed by atoms with Gasteiger partial charge in [-0.2, -0.15) is 0 Å². The zero-order valence-corrected chi connectivity index (χ0v) is 10.4. The van der Waals surface area contributed by atoms with Crippen LogP contribution in [0.5, 0.6) is 0 Å². The minimum Gasteiger partial charge on any atom is -0.241 e. The molecular weight excluding hydrogens is 245 g/mol. The van der Waals surface area contributed by atoms with Crippen LogP contribution in [0.25, 0.3) is 10.6 Å². The van der Waals surface area contributed by atoms with Crippen LogP contribution in [-0.4, -0.2) is 4.98 Å². The van der Waals surface area contributed by atoms with Crippen molar-refractivity contribution in [2.75, 3.05) is 0 Å². The van der Waals surface area contributed by atoms with Crippen LogP contribution in [0.2, 0.25) is 5.02 Å². The molecule has 0 radical (unpaired) electrons. The molecule has 0 fully saturated rings. The summed E-state index contributed by atoms with van der Waals surface area (Å²) in [6, 6.07) is 4.69. The molecule has 0 spiro atoms. The van der Waals surface area contributed by atoms with E-state index >= 15 is 0 Å². The standard InChI is InChI=1S/C12H11ClFNS/c1-2-3-9-7-16-12(15-9)8-4-5-11(14)10(13)6-8/h4-7H,2-3H2,1H3. The number of benzene rings is 1. The molecule has 0 aliphatic rings. The van der Waals surface area contributed by atoms with Crippen LogP contribution in [0, 0.1) is 5.82 Å². The van der Waals surface area contributed by atoms with Gasteiger partial charge in [0.25, 0.3) is 0 Å². The summed E-state index contributed by atoms with van der Waals surface area (Å²) in [5, 5.41) is 3.07. The van der Waals surface area contributed by atoms with Crippen LogP contribution in [0.15, 0.2) is 23.6 Å². The third-order valence-corrected chi connectivity index (χ3v) is 3.45. The smallest absolute Gasteiger partial charge is 0.141 e. The third kappa shape index (κ3) is 2.42. The van der Waals surface area contributed by atoms with Gasteiger partial charge < -0.3 is 0 Å². The molecule has 1 heterocycles. The van der Waals surface area contributed by atoms with E-state index in [9.17, 15) is 4.39 Å². The lowest BCUT2D eigenvalue weighted by molar-refractivity contribution is 0.628. The van der Waals surface area contributed by atoms with Gasteiger partial charge >= 0.3 is 0 Å². The molecule has 1 aromatic carbocycles. The predicted molar refractivity (Wildman–Crippen MR) is 66.5 cm³/mol. The van der Waals surface area contributed by atoms with Gasteiger partial charge in [0.05, 0.1) is 10.7 Å². The van der Waals surface area contributed by atoms with Crippen molar-refractivity contribution < 1.29 is 4.39 Å². The summed E-state index contributed by atoms with van der Waals surface area (Å²) in [5.74, 6) is -0.393. The largest absolute Gasteiger partial charge is 0.241 e. The Morgan fingerprint density at radius 1 is 1.44 bits per heavy atom. The van der Waals surface area contributed by atoms with Crippen molar-refractivity contribution >= 4 is 22.9 Å². The molecule has 2 aromatic rings. The van der Waals surface area contributed by atoms with E-state index in [2.05, 4.69) is 11.9 Å². The maximum atomic E-state index is 13.0. The molecular formula is C12H11ClFNS. The van der Waals surface area contributed by atoms with Crippen molar-refractivity contribution in [2.45, 2.75) is 19.8 Å². The third-order valence-electron chi connectivity index (χ3n) is 2.22. The molecule has 1 nitrogen and oxygen atoms in total. The number of aromatic nitrogens is 1. The second-order valence-corrected chi connectivity index (χ2v) is 4.79. The van der Waals surface area contributed by atoms with Gasteiger partial charge in [-0.3, -0.25) is 0 Å². The average Bonchev–Trinajstić information content (AvgIpc) is 2.71. The number of aryl methyl sites for hydroxylation is 1. The Morgan fingerprint density at radius 3 is 2.94 bits per heavy atom. The number of rotatable bonds is 3. The number of nitrogens with zero attached hydrogens (tertiary/aromatic N) is 1. The van der Waals surface area contributed by atoms with E-state index < -0.39 is 5.82 Å². The minimum atomic E-state index is -0.393. The molecule has 0 N–H and O–H groups in total. The van der Waals surface area contributed by atoms with Gasteiger partial charge in [-0.25, -0.2) is 9.37 Å². The molecule has 0 aliphatic heterocycles. The Hall–Kier alpha value is -0.930. The molecule has 0 amide bonds. The summed E-state index contributed by atoms with van der Waals surface area (Å²) >= 11 is 7.30. The predicted octanol–water partition coefficient (Wildman–Crippen LogP) is 4.56. The lowest BCUT2D eigenvalue weighted by atomic mass is 10.2. The maximum absolute atomic E-state index is 13.0. The lowest BCUT2D eigenvalue weighted by Gasteiger charge is -1.98. The van der Waals surface area contributed by atoms with Crippen LogP contribution in [0.4, 0.5) is 4.39 Å². The monoisotopic (exact) mass is 255 g/mol. The number of halogens is 2. The molecule has 0 saturated carbocycles. The van der Waals surface area contributed by atoms with Gasteiger partial charge in [-0.15, -0.1) is 11.3 Å². The lowest BCUT2D eigenvalue weighted by Crippen LogP contribution is -1.84. The first-order chi connectivity index (χ1) is 7.70. The minimum absolute atomic E-state index is 0.143. The highest BCUT2D eigenvalue weighted by atomic mass is 35.5. The van der Waals surface area contributed by atoms with E-state index in [1.165, 1.54) is 6.07 Å². The molecule has 84 valence electrons. The Kier molecular flexibility index (Phi) is 3.56. The number of thiazole rings is 1. The molecule has 0 atom stereocenters. The highest BCUT2D eigenvalue weighted by Gasteiger charge is 2.07. The number of hydrogen-bond donors (Lipinski definition) is 0. The van der Waals surface area contributed by atoms with E-state index in [1.54, 1.807) is 23.5 Å². The van der Waals surface area contributed by atoms with Crippen LogP contribution in [0.3, 0.4) is 0 Å². The van der Waals surface area contributed by atoms with Crippen molar-refractivity contribution in [3.63, 3.8) is 0 Å². The molecule has 0 bridgehead atoms. The fraction of sp³-hybridized carbons (Fsp3) is 0.250. The first kappa shape index (κ1) is 11.6. The van der Waals surface area contributed by atoms with Crippen molar-refractivity contribution in [1.82, 2.24) is 4.98 Å². The topological polar surface area (TPSA) is 12.9 Å². The van der Waals surface area contributed by atoms with Gasteiger partial charge in [0.15, 0.2) is 0 Å². The first-order valence-corrected chi connectivity index (χ1v) is 6.36. The maximum Gasteiger partial charge on any atom is 0.141 e. The zero-order valence-electron chi connectivity index (χ0n) is 8.84. The number of hydrogen-bond acceptors (Lipinski definition) is 2. The molecule has 4 heteroatoms. The van der Waals surface area contributed by atoms with Crippen molar-refractivity contribution in [1.29, 1.82) is 0 Å². The second kappa shape index (κ2) is 4.93. The molecule has 0 aliphatic carbocycles. The van der Waals surface area contributed by atoms with E-state index in [0.29, 0.717) is 0 Å². The second-order valence-electron chi connectivity index (χ2n) is 3.52. The van der Waals surface area contributed by atoms with E-state index in [4.69, 9.17) is 11.6 Å². The summed E-state index contributed by atoms with van der Waals surface area (Å²) in [6.45, 7) is 2.12. The fourth-order valence-corrected chi connectivity index (χ4v) is 2.47. The van der Waals surface area contributed by atoms with Crippen LogP contribution in [-0.2, 0) is 6.42 Å². The van der Waals surface area contributed by atoms with Crippen LogP contribution in [0.1, 0.15) is 19.0 Å². The van der Waals surface area contributed by atoms with E-state index in [-0.39, 0.29) is 5.02 Å². The van der Waals surface area contributed by atoms with Gasteiger partial charge in [0.1, 0.15) is 10.8 Å². The Morgan fingerprint density at radius 2 is 2.25 bits per heavy atom. The summed E-state index contributed by atoms with van der Waals surface area (Å²) < 4.78 is 13.0. The highest BCUT2D eigenvalue weighted by molar-refractivity contribution is 7.13. The SMILES string of the molecule is CCCc1csc(-c2ccc(F)c(Cl)c2)n1. The van der Waals surface area contributed by atoms with Crippen molar-refractivity contribution in [2.24, 2.45) is 0 Å². The van der Waals surface area contributed by atoms with E-state index in [0.717, 1.165) is 29.1 Å². The van der Waals surface area contributed by atoms with Crippen LogP contribution >= 0.6 is 22.9 Å². The molecule has 1 aromatic heterocycles. The molecule has 0 saturated heterocycles. The summed E-state index contributed by atoms with van der Waals surface area (Å²) in [5.41, 5.74) is 1.96. The Labute approximate surface area is 103 Å². The zero-order chi connectivity index (χ0) is 11.5. The fourth-order valence-electron chi connectivity index (χ4n) is 1.44. The molecule has 0 unspecified atom stereocenters. The average molecular weight is 256 g/mol. The first-order valence-electron chi connectivity index (χ1n) is 5.10. The Bertz CT molecular complexity index is 496. The van der Waals surface area contributed by atoms with Crippen molar-refractivity contribution in [3.8, 4) is 10.6 Å². The van der Waals surface area contributed by atoms with Crippen LogP contribution < -0.4 is 0 Å². The summed E-state index contributed by atoms with van der Waals surface area (Å²) in [4.78, 5) is 4.48. The van der Waals surface area contributed by atoms with Crippen molar-refractivity contribution in [3.05, 3.63) is 40.1 Å². The van der Waals surface area contributed by atoms with Gasteiger partial charge in [0, 0.05) is 10.9 Å². The molecule has 2 rings (SSSR count).